The fourth-order valence-electron chi connectivity index (χ4n) is 1.99. The number of ether oxygens (including phenoxy) is 1. The van der Waals surface area contributed by atoms with Crippen molar-refractivity contribution in [2.24, 2.45) is 0 Å². The second-order valence-corrected chi connectivity index (χ2v) is 4.67. The average Bonchev–Trinajstić information content (AvgIpc) is 2.40. The third-order valence-corrected chi connectivity index (χ3v) is 3.25. The Morgan fingerprint density at radius 2 is 2.00 bits per heavy atom. The molecule has 19 heavy (non-hydrogen) atoms. The number of piperidine rings is 1. The second-order valence-electron chi connectivity index (χ2n) is 4.67. The van der Waals surface area contributed by atoms with Crippen molar-refractivity contribution in [2.45, 2.75) is 32.8 Å². The molecule has 1 N–H and O–H groups in total. The minimum atomic E-state index is -0.927. The summed E-state index contributed by atoms with van der Waals surface area (Å²) in [5.74, 6) is -0.288. The fourth-order valence-corrected chi connectivity index (χ4v) is 1.99. The SMILES string of the molecule is Cc1nnc(N2CCC(OCC(=O)O)CC2)nc1C. The van der Waals surface area contributed by atoms with Gasteiger partial charge in [0.25, 0.3) is 0 Å². The lowest BCUT2D eigenvalue weighted by molar-refractivity contribution is -0.144. The first-order chi connectivity index (χ1) is 9.06. The van der Waals surface area contributed by atoms with Gasteiger partial charge in [-0.2, -0.15) is 5.10 Å². The molecule has 0 radical (unpaired) electrons. The lowest BCUT2D eigenvalue weighted by Gasteiger charge is -2.31. The maximum atomic E-state index is 10.4. The van der Waals surface area contributed by atoms with Crippen LogP contribution in [0.1, 0.15) is 24.2 Å². The van der Waals surface area contributed by atoms with Gasteiger partial charge in [-0.15, -0.1) is 5.10 Å². The topological polar surface area (TPSA) is 88.4 Å². The smallest absolute Gasteiger partial charge is 0.329 e. The number of carboxylic acid groups (broad SMARTS) is 1. The Morgan fingerprint density at radius 3 is 2.58 bits per heavy atom. The van der Waals surface area contributed by atoms with Gasteiger partial charge < -0.3 is 14.7 Å². The number of aliphatic carboxylic acids is 1. The van der Waals surface area contributed by atoms with Crippen LogP contribution in [-0.4, -0.2) is 52.1 Å². The van der Waals surface area contributed by atoms with E-state index in [0.717, 1.165) is 37.3 Å². The molecule has 1 aromatic heterocycles. The quantitative estimate of drug-likeness (QED) is 0.851. The molecule has 0 spiro atoms. The van der Waals surface area contributed by atoms with Gasteiger partial charge in [-0.1, -0.05) is 0 Å². The van der Waals surface area contributed by atoms with E-state index in [-0.39, 0.29) is 12.7 Å². The molecule has 2 heterocycles. The number of rotatable bonds is 4. The molecule has 0 atom stereocenters. The van der Waals surface area contributed by atoms with Crippen LogP contribution in [0.3, 0.4) is 0 Å². The van der Waals surface area contributed by atoms with E-state index in [2.05, 4.69) is 20.1 Å². The molecule has 7 nitrogen and oxygen atoms in total. The van der Waals surface area contributed by atoms with Crippen molar-refractivity contribution in [3.05, 3.63) is 11.4 Å². The van der Waals surface area contributed by atoms with Gasteiger partial charge in [0.05, 0.1) is 17.5 Å². The van der Waals surface area contributed by atoms with Crippen LogP contribution < -0.4 is 4.90 Å². The van der Waals surface area contributed by atoms with Gasteiger partial charge in [0.2, 0.25) is 5.95 Å². The molecule has 0 saturated carbocycles. The largest absolute Gasteiger partial charge is 0.480 e. The molecule has 0 unspecified atom stereocenters. The normalized spacial score (nSPS) is 16.6. The number of nitrogens with zero attached hydrogens (tertiary/aromatic N) is 4. The van der Waals surface area contributed by atoms with E-state index >= 15 is 0 Å². The molecule has 1 fully saturated rings. The molecule has 1 aromatic rings. The van der Waals surface area contributed by atoms with Crippen LogP contribution in [-0.2, 0) is 9.53 Å². The molecule has 0 aromatic carbocycles. The van der Waals surface area contributed by atoms with E-state index in [1.165, 1.54) is 0 Å². The molecule has 1 saturated heterocycles. The molecular formula is C12H18N4O3. The van der Waals surface area contributed by atoms with Gasteiger partial charge >= 0.3 is 5.97 Å². The summed E-state index contributed by atoms with van der Waals surface area (Å²) in [5, 5.41) is 16.7. The molecule has 0 aliphatic carbocycles. The minimum Gasteiger partial charge on any atom is -0.480 e. The summed E-state index contributed by atoms with van der Waals surface area (Å²) in [4.78, 5) is 16.9. The number of anilines is 1. The van der Waals surface area contributed by atoms with Crippen LogP contribution in [0.2, 0.25) is 0 Å². The van der Waals surface area contributed by atoms with Crippen molar-refractivity contribution in [1.82, 2.24) is 15.2 Å². The van der Waals surface area contributed by atoms with Gasteiger partial charge in [0.1, 0.15) is 6.61 Å². The zero-order valence-electron chi connectivity index (χ0n) is 11.2. The Balaban J connectivity index is 1.88. The van der Waals surface area contributed by atoms with Crippen molar-refractivity contribution in [3.8, 4) is 0 Å². The highest BCUT2D eigenvalue weighted by molar-refractivity contribution is 5.68. The highest BCUT2D eigenvalue weighted by atomic mass is 16.5. The van der Waals surface area contributed by atoms with Gasteiger partial charge in [0, 0.05) is 13.1 Å². The minimum absolute atomic E-state index is 0.00635. The van der Waals surface area contributed by atoms with Crippen molar-refractivity contribution in [1.29, 1.82) is 0 Å². The summed E-state index contributed by atoms with van der Waals surface area (Å²) in [5.41, 5.74) is 1.72. The standard InChI is InChI=1S/C12H18N4O3/c1-8-9(2)14-15-12(13-8)16-5-3-10(4-6-16)19-7-11(17)18/h10H,3-7H2,1-2H3,(H,17,18). The van der Waals surface area contributed by atoms with Crippen molar-refractivity contribution >= 4 is 11.9 Å². The predicted molar refractivity (Wildman–Crippen MR) is 68.1 cm³/mol. The monoisotopic (exact) mass is 266 g/mol. The first-order valence-electron chi connectivity index (χ1n) is 6.32. The lowest BCUT2D eigenvalue weighted by Crippen LogP contribution is -2.38. The summed E-state index contributed by atoms with van der Waals surface area (Å²) >= 11 is 0. The zero-order chi connectivity index (χ0) is 13.8. The van der Waals surface area contributed by atoms with Crippen LogP contribution in [0, 0.1) is 13.8 Å². The lowest BCUT2D eigenvalue weighted by atomic mass is 10.1. The summed E-state index contributed by atoms with van der Waals surface area (Å²) in [6, 6.07) is 0. The summed E-state index contributed by atoms with van der Waals surface area (Å²) in [6.07, 6.45) is 1.57. The van der Waals surface area contributed by atoms with E-state index in [0.29, 0.717) is 5.95 Å². The first-order valence-corrected chi connectivity index (χ1v) is 6.32. The van der Waals surface area contributed by atoms with E-state index < -0.39 is 5.97 Å². The predicted octanol–water partition coefficient (Wildman–Crippen LogP) is 0.558. The first kappa shape index (κ1) is 13.7. The van der Waals surface area contributed by atoms with Crippen LogP contribution in [0.4, 0.5) is 5.95 Å². The van der Waals surface area contributed by atoms with Crippen LogP contribution in [0.15, 0.2) is 0 Å². The Labute approximate surface area is 111 Å². The number of carboxylic acids is 1. The van der Waals surface area contributed by atoms with Gasteiger partial charge in [-0.3, -0.25) is 0 Å². The van der Waals surface area contributed by atoms with Crippen LogP contribution in [0.5, 0.6) is 0 Å². The maximum Gasteiger partial charge on any atom is 0.329 e. The van der Waals surface area contributed by atoms with Gasteiger partial charge in [-0.05, 0) is 26.7 Å². The van der Waals surface area contributed by atoms with E-state index in [4.69, 9.17) is 9.84 Å². The molecule has 2 rings (SSSR count). The molecular weight excluding hydrogens is 248 g/mol. The summed E-state index contributed by atoms with van der Waals surface area (Å²) in [6.45, 7) is 5.08. The molecule has 104 valence electrons. The Hall–Kier alpha value is -1.76. The zero-order valence-corrected chi connectivity index (χ0v) is 11.2. The highest BCUT2D eigenvalue weighted by Gasteiger charge is 2.22. The van der Waals surface area contributed by atoms with Crippen molar-refractivity contribution in [2.75, 3.05) is 24.6 Å². The van der Waals surface area contributed by atoms with Crippen LogP contribution >= 0.6 is 0 Å². The molecule has 7 heteroatoms. The van der Waals surface area contributed by atoms with Crippen molar-refractivity contribution in [3.63, 3.8) is 0 Å². The van der Waals surface area contributed by atoms with Gasteiger partial charge in [-0.25, -0.2) is 9.78 Å². The van der Waals surface area contributed by atoms with E-state index in [1.807, 2.05) is 13.8 Å². The molecule has 0 amide bonds. The number of hydrogen-bond acceptors (Lipinski definition) is 6. The average molecular weight is 266 g/mol. The second kappa shape index (κ2) is 5.92. The Kier molecular flexibility index (Phi) is 4.26. The summed E-state index contributed by atoms with van der Waals surface area (Å²) < 4.78 is 5.29. The maximum absolute atomic E-state index is 10.4. The molecule has 1 aliphatic heterocycles. The molecule has 1 aliphatic rings. The fraction of sp³-hybridized carbons (Fsp3) is 0.667. The number of hydrogen-bond donors (Lipinski definition) is 1. The number of aryl methyl sites for hydroxylation is 2. The number of carbonyl (C=O) groups is 1. The molecule has 0 bridgehead atoms. The highest BCUT2D eigenvalue weighted by Crippen LogP contribution is 2.18. The third kappa shape index (κ3) is 3.60. The Morgan fingerprint density at radius 1 is 1.32 bits per heavy atom. The van der Waals surface area contributed by atoms with Crippen molar-refractivity contribution < 1.29 is 14.6 Å². The number of aromatic nitrogens is 3. The third-order valence-electron chi connectivity index (χ3n) is 3.25. The van der Waals surface area contributed by atoms with Crippen LogP contribution in [0.25, 0.3) is 0 Å². The van der Waals surface area contributed by atoms with Gasteiger partial charge in [0.15, 0.2) is 0 Å². The van der Waals surface area contributed by atoms with E-state index in [1.54, 1.807) is 0 Å². The Bertz CT molecular complexity index is 458. The van der Waals surface area contributed by atoms with E-state index in [9.17, 15) is 4.79 Å². The summed E-state index contributed by atoms with van der Waals surface area (Å²) in [7, 11) is 0.